The molecule has 1 aliphatic rings. The van der Waals surface area contributed by atoms with Crippen LogP contribution < -0.4 is 10.6 Å². The van der Waals surface area contributed by atoms with Crippen molar-refractivity contribution in [2.24, 2.45) is 0 Å². The maximum atomic E-state index is 12.1. The smallest absolute Gasteiger partial charge is 0.340 e. The molecule has 1 fully saturated rings. The predicted molar refractivity (Wildman–Crippen MR) is 93.0 cm³/mol. The SMILES string of the molecule is CC(OC(=O)c1ccc(-n2cncn2)nc1)C(=O)NC(=O)NC1CCCC1. The van der Waals surface area contributed by atoms with Gasteiger partial charge in [-0.1, -0.05) is 12.8 Å². The number of carbonyl (C=O) groups excluding carboxylic acids is 3. The lowest BCUT2D eigenvalue weighted by Crippen LogP contribution is -2.47. The maximum absolute atomic E-state index is 12.1. The zero-order valence-electron chi connectivity index (χ0n) is 14.8. The Morgan fingerprint density at radius 3 is 2.67 bits per heavy atom. The van der Waals surface area contributed by atoms with Crippen molar-refractivity contribution >= 4 is 17.9 Å². The zero-order chi connectivity index (χ0) is 19.2. The first-order valence-corrected chi connectivity index (χ1v) is 8.66. The third kappa shape index (κ3) is 4.87. The molecule has 0 aliphatic heterocycles. The van der Waals surface area contributed by atoms with E-state index in [9.17, 15) is 14.4 Å². The monoisotopic (exact) mass is 372 g/mol. The molecule has 142 valence electrons. The Kier molecular flexibility index (Phi) is 5.74. The topological polar surface area (TPSA) is 128 Å². The second-order valence-corrected chi connectivity index (χ2v) is 6.24. The molecule has 1 unspecified atom stereocenters. The molecular formula is C17H20N6O4. The Labute approximate surface area is 155 Å². The highest BCUT2D eigenvalue weighted by Gasteiger charge is 2.23. The normalized spacial score (nSPS) is 15.1. The average molecular weight is 372 g/mol. The number of ether oxygens (including phenoxy) is 1. The second kappa shape index (κ2) is 8.39. The molecule has 2 aromatic rings. The summed E-state index contributed by atoms with van der Waals surface area (Å²) in [5.74, 6) is -0.920. The third-order valence-corrected chi connectivity index (χ3v) is 4.22. The molecule has 27 heavy (non-hydrogen) atoms. The van der Waals surface area contributed by atoms with Gasteiger partial charge < -0.3 is 10.1 Å². The van der Waals surface area contributed by atoms with Gasteiger partial charge in [-0.05, 0) is 31.9 Å². The van der Waals surface area contributed by atoms with E-state index in [1.165, 1.54) is 36.5 Å². The number of amides is 3. The summed E-state index contributed by atoms with van der Waals surface area (Å²) < 4.78 is 6.53. The molecule has 10 heteroatoms. The van der Waals surface area contributed by atoms with E-state index in [2.05, 4.69) is 25.7 Å². The van der Waals surface area contributed by atoms with Crippen LogP contribution in [0.2, 0.25) is 0 Å². The number of rotatable bonds is 5. The second-order valence-electron chi connectivity index (χ2n) is 6.24. The van der Waals surface area contributed by atoms with Gasteiger partial charge in [-0.15, -0.1) is 0 Å². The van der Waals surface area contributed by atoms with E-state index in [0.717, 1.165) is 25.7 Å². The van der Waals surface area contributed by atoms with Crippen molar-refractivity contribution in [2.75, 3.05) is 0 Å². The van der Waals surface area contributed by atoms with E-state index in [1.807, 2.05) is 0 Å². The molecule has 2 aromatic heterocycles. The Morgan fingerprint density at radius 2 is 2.04 bits per heavy atom. The minimum atomic E-state index is -1.12. The number of pyridine rings is 1. The summed E-state index contributed by atoms with van der Waals surface area (Å²) in [7, 11) is 0. The zero-order valence-corrected chi connectivity index (χ0v) is 14.8. The highest BCUT2D eigenvalue weighted by molar-refractivity contribution is 5.98. The van der Waals surface area contributed by atoms with E-state index < -0.39 is 24.0 Å². The summed E-state index contributed by atoms with van der Waals surface area (Å²) in [5, 5.41) is 8.86. The Bertz CT molecular complexity index is 799. The van der Waals surface area contributed by atoms with E-state index in [4.69, 9.17) is 4.74 Å². The molecule has 0 aromatic carbocycles. The van der Waals surface area contributed by atoms with E-state index in [0.29, 0.717) is 5.82 Å². The van der Waals surface area contributed by atoms with Crippen LogP contribution in [-0.4, -0.2) is 49.8 Å². The number of hydrogen-bond donors (Lipinski definition) is 2. The van der Waals surface area contributed by atoms with Crippen molar-refractivity contribution in [3.8, 4) is 5.82 Å². The first-order valence-electron chi connectivity index (χ1n) is 8.66. The van der Waals surface area contributed by atoms with Crippen LogP contribution in [-0.2, 0) is 9.53 Å². The van der Waals surface area contributed by atoms with Crippen molar-refractivity contribution in [2.45, 2.75) is 44.8 Å². The molecule has 0 radical (unpaired) electrons. The first kappa shape index (κ1) is 18.5. The van der Waals surface area contributed by atoms with Gasteiger partial charge in [0.05, 0.1) is 5.56 Å². The van der Waals surface area contributed by atoms with Crippen LogP contribution >= 0.6 is 0 Å². The lowest BCUT2D eigenvalue weighted by Gasteiger charge is -2.15. The number of aromatic nitrogens is 4. The highest BCUT2D eigenvalue weighted by atomic mass is 16.5. The maximum Gasteiger partial charge on any atom is 0.340 e. The van der Waals surface area contributed by atoms with Crippen LogP contribution in [0, 0.1) is 0 Å². The van der Waals surface area contributed by atoms with Crippen LogP contribution in [0.4, 0.5) is 4.79 Å². The molecule has 0 bridgehead atoms. The molecule has 3 rings (SSSR count). The van der Waals surface area contributed by atoms with Gasteiger partial charge >= 0.3 is 12.0 Å². The fourth-order valence-corrected chi connectivity index (χ4v) is 2.76. The molecule has 2 heterocycles. The molecule has 1 atom stereocenters. The highest BCUT2D eigenvalue weighted by Crippen LogP contribution is 2.17. The van der Waals surface area contributed by atoms with Gasteiger partial charge in [-0.25, -0.2) is 24.2 Å². The first-order chi connectivity index (χ1) is 13.0. The predicted octanol–water partition coefficient (Wildman–Crippen LogP) is 0.976. The van der Waals surface area contributed by atoms with Crippen LogP contribution in [0.3, 0.4) is 0 Å². The molecule has 2 N–H and O–H groups in total. The van der Waals surface area contributed by atoms with Crippen molar-refractivity contribution < 1.29 is 19.1 Å². The molecule has 0 saturated heterocycles. The lowest BCUT2D eigenvalue weighted by atomic mass is 10.2. The summed E-state index contributed by atoms with van der Waals surface area (Å²) in [6.07, 6.45) is 6.98. The minimum absolute atomic E-state index is 0.0882. The Balaban J connectivity index is 1.50. The summed E-state index contributed by atoms with van der Waals surface area (Å²) in [6.45, 7) is 1.40. The van der Waals surface area contributed by atoms with Gasteiger partial charge in [0.25, 0.3) is 5.91 Å². The number of nitrogens with one attached hydrogen (secondary N) is 2. The van der Waals surface area contributed by atoms with Gasteiger partial charge in [-0.3, -0.25) is 10.1 Å². The summed E-state index contributed by atoms with van der Waals surface area (Å²) in [6, 6.07) is 2.59. The number of esters is 1. The van der Waals surface area contributed by atoms with Gasteiger partial charge in [0.2, 0.25) is 0 Å². The molecule has 1 aliphatic carbocycles. The largest absolute Gasteiger partial charge is 0.449 e. The van der Waals surface area contributed by atoms with Gasteiger partial charge in [0.15, 0.2) is 11.9 Å². The number of carbonyl (C=O) groups is 3. The van der Waals surface area contributed by atoms with E-state index in [-0.39, 0.29) is 11.6 Å². The number of urea groups is 1. The summed E-state index contributed by atoms with van der Waals surface area (Å²) >= 11 is 0. The molecule has 10 nitrogen and oxygen atoms in total. The van der Waals surface area contributed by atoms with Crippen molar-refractivity contribution in [3.05, 3.63) is 36.5 Å². The molecular weight excluding hydrogens is 352 g/mol. The van der Waals surface area contributed by atoms with Crippen molar-refractivity contribution in [3.63, 3.8) is 0 Å². The van der Waals surface area contributed by atoms with Crippen LogP contribution in [0.5, 0.6) is 0 Å². The quantitative estimate of drug-likeness (QED) is 0.749. The minimum Gasteiger partial charge on any atom is -0.449 e. The van der Waals surface area contributed by atoms with Gasteiger partial charge in [0.1, 0.15) is 12.7 Å². The van der Waals surface area contributed by atoms with E-state index in [1.54, 1.807) is 6.07 Å². The van der Waals surface area contributed by atoms with E-state index >= 15 is 0 Å². The lowest BCUT2D eigenvalue weighted by molar-refractivity contribution is -0.127. The fraction of sp³-hybridized carbons (Fsp3) is 0.412. The summed E-state index contributed by atoms with van der Waals surface area (Å²) in [4.78, 5) is 43.9. The van der Waals surface area contributed by atoms with Gasteiger partial charge in [0, 0.05) is 12.2 Å². The Morgan fingerprint density at radius 1 is 1.26 bits per heavy atom. The van der Waals surface area contributed by atoms with Crippen molar-refractivity contribution in [1.29, 1.82) is 0 Å². The molecule has 0 spiro atoms. The fourth-order valence-electron chi connectivity index (χ4n) is 2.76. The number of imide groups is 1. The molecule has 1 saturated carbocycles. The van der Waals surface area contributed by atoms with Gasteiger partial charge in [-0.2, -0.15) is 5.10 Å². The van der Waals surface area contributed by atoms with Crippen LogP contribution in [0.15, 0.2) is 31.0 Å². The van der Waals surface area contributed by atoms with Crippen LogP contribution in [0.25, 0.3) is 5.82 Å². The summed E-state index contributed by atoms with van der Waals surface area (Å²) in [5.41, 5.74) is 0.175. The Hall–Kier alpha value is -3.30. The number of nitrogens with zero attached hydrogens (tertiary/aromatic N) is 4. The standard InChI is InChI=1S/C17H20N6O4/c1-11(15(24)22-17(26)21-13-4-2-3-5-13)27-16(25)12-6-7-14(19-8-12)23-10-18-9-20-23/h6-11,13H,2-5H2,1H3,(H2,21,22,24,26). The number of hydrogen-bond acceptors (Lipinski definition) is 7. The third-order valence-electron chi connectivity index (χ3n) is 4.22. The molecule has 3 amide bonds. The van der Waals surface area contributed by atoms with Crippen LogP contribution in [0.1, 0.15) is 43.0 Å². The van der Waals surface area contributed by atoms with Crippen molar-refractivity contribution in [1.82, 2.24) is 30.4 Å². The average Bonchev–Trinajstić information content (AvgIpc) is 3.35.